The second-order valence-corrected chi connectivity index (χ2v) is 6.29. The monoisotopic (exact) mass is 221 g/mol. The molecule has 0 aromatic carbocycles. The van der Waals surface area contributed by atoms with Crippen LogP contribution in [-0.4, -0.2) is 42.6 Å². The lowest BCUT2D eigenvalue weighted by Gasteiger charge is -2.26. The van der Waals surface area contributed by atoms with Crippen LogP contribution in [0.25, 0.3) is 0 Å². The van der Waals surface area contributed by atoms with Gasteiger partial charge in [-0.25, -0.2) is 8.42 Å². The molecule has 0 spiro atoms. The van der Waals surface area contributed by atoms with Gasteiger partial charge in [0.1, 0.15) is 6.04 Å². The number of sulfone groups is 1. The Bertz CT molecular complexity index is 337. The Labute approximate surface area is 83.4 Å². The minimum atomic E-state index is -2.98. The molecule has 0 aromatic rings. The second kappa shape index (κ2) is 3.51. The van der Waals surface area contributed by atoms with Crippen LogP contribution >= 0.6 is 0 Å². The van der Waals surface area contributed by atoms with E-state index in [-0.39, 0.29) is 11.5 Å². The predicted octanol–water partition coefficient (Wildman–Crippen LogP) is -0.374. The zero-order chi connectivity index (χ0) is 11.0. The van der Waals surface area contributed by atoms with Crippen molar-refractivity contribution in [3.63, 3.8) is 0 Å². The predicted molar refractivity (Wildman–Crippen MR) is 51.9 cm³/mol. The highest BCUT2D eigenvalue weighted by Crippen LogP contribution is 2.23. The molecule has 82 valence electrons. The standard InChI is InChI=1S/C8H15NO4S/c1-6(7(10)11)9-8(2)3-4-14(12,13)5-8/h6,9H,3-5H2,1-2H3,(H,10,11). The van der Waals surface area contributed by atoms with Gasteiger partial charge in [-0.1, -0.05) is 0 Å². The van der Waals surface area contributed by atoms with Crippen molar-refractivity contribution in [1.82, 2.24) is 5.32 Å². The van der Waals surface area contributed by atoms with Crippen molar-refractivity contribution in [2.24, 2.45) is 0 Å². The van der Waals surface area contributed by atoms with Gasteiger partial charge in [-0.2, -0.15) is 0 Å². The van der Waals surface area contributed by atoms with Gasteiger partial charge in [0.15, 0.2) is 9.84 Å². The molecule has 0 saturated carbocycles. The number of carboxylic acid groups (broad SMARTS) is 1. The third kappa shape index (κ3) is 2.68. The average Bonchev–Trinajstić information content (AvgIpc) is 2.25. The zero-order valence-corrected chi connectivity index (χ0v) is 9.10. The van der Waals surface area contributed by atoms with Gasteiger partial charge in [-0.3, -0.25) is 10.1 Å². The summed E-state index contributed by atoms with van der Waals surface area (Å²) in [4.78, 5) is 10.6. The maximum absolute atomic E-state index is 11.2. The molecule has 0 radical (unpaired) electrons. The maximum atomic E-state index is 11.2. The molecule has 0 aromatic heterocycles. The number of hydrogen-bond acceptors (Lipinski definition) is 4. The highest BCUT2D eigenvalue weighted by atomic mass is 32.2. The van der Waals surface area contributed by atoms with Crippen LogP contribution in [0.1, 0.15) is 20.3 Å². The number of aliphatic carboxylic acids is 1. The molecule has 1 aliphatic heterocycles. The van der Waals surface area contributed by atoms with Crippen LogP contribution in [0.2, 0.25) is 0 Å². The Morgan fingerprint density at radius 3 is 2.50 bits per heavy atom. The highest BCUT2D eigenvalue weighted by molar-refractivity contribution is 7.91. The maximum Gasteiger partial charge on any atom is 0.320 e. The smallest absolute Gasteiger partial charge is 0.320 e. The summed E-state index contributed by atoms with van der Waals surface area (Å²) in [7, 11) is -2.98. The molecular weight excluding hydrogens is 206 g/mol. The quantitative estimate of drug-likeness (QED) is 0.679. The van der Waals surface area contributed by atoms with Crippen LogP contribution in [0.3, 0.4) is 0 Å². The molecule has 6 heteroatoms. The fraction of sp³-hybridized carbons (Fsp3) is 0.875. The Balaban J connectivity index is 2.66. The third-order valence-corrected chi connectivity index (χ3v) is 4.34. The van der Waals surface area contributed by atoms with Crippen LogP contribution in [0.15, 0.2) is 0 Å². The van der Waals surface area contributed by atoms with Crippen molar-refractivity contribution < 1.29 is 18.3 Å². The van der Waals surface area contributed by atoms with Crippen LogP contribution in [0.5, 0.6) is 0 Å². The summed E-state index contributed by atoms with van der Waals surface area (Å²) in [5, 5.41) is 11.5. The van der Waals surface area contributed by atoms with Crippen molar-refractivity contribution in [3.05, 3.63) is 0 Å². The molecule has 14 heavy (non-hydrogen) atoms. The lowest BCUT2D eigenvalue weighted by atomic mass is 10.0. The Morgan fingerprint density at radius 2 is 2.14 bits per heavy atom. The number of rotatable bonds is 3. The van der Waals surface area contributed by atoms with Gasteiger partial charge in [-0.05, 0) is 20.3 Å². The Morgan fingerprint density at radius 1 is 1.57 bits per heavy atom. The van der Waals surface area contributed by atoms with Gasteiger partial charge in [0, 0.05) is 5.54 Å². The molecule has 0 amide bonds. The van der Waals surface area contributed by atoms with E-state index in [1.807, 2.05) is 0 Å². The average molecular weight is 221 g/mol. The minimum Gasteiger partial charge on any atom is -0.480 e. The molecular formula is C8H15NO4S. The molecule has 1 saturated heterocycles. The molecule has 2 unspecified atom stereocenters. The first kappa shape index (κ1) is 11.5. The van der Waals surface area contributed by atoms with Crippen molar-refractivity contribution in [2.45, 2.75) is 31.8 Å². The van der Waals surface area contributed by atoms with Crippen LogP contribution in [0.4, 0.5) is 0 Å². The molecule has 0 aliphatic carbocycles. The second-order valence-electron chi connectivity index (χ2n) is 4.11. The van der Waals surface area contributed by atoms with E-state index in [4.69, 9.17) is 5.11 Å². The van der Waals surface area contributed by atoms with Crippen LogP contribution in [0, 0.1) is 0 Å². The van der Waals surface area contributed by atoms with Gasteiger partial charge in [0.2, 0.25) is 0 Å². The van der Waals surface area contributed by atoms with Gasteiger partial charge < -0.3 is 5.11 Å². The zero-order valence-electron chi connectivity index (χ0n) is 8.28. The Kier molecular flexibility index (Phi) is 2.87. The molecule has 5 nitrogen and oxygen atoms in total. The largest absolute Gasteiger partial charge is 0.480 e. The van der Waals surface area contributed by atoms with Gasteiger partial charge in [0.05, 0.1) is 11.5 Å². The van der Waals surface area contributed by atoms with E-state index in [2.05, 4.69) is 5.32 Å². The van der Waals surface area contributed by atoms with Crippen LogP contribution < -0.4 is 5.32 Å². The first-order valence-corrected chi connectivity index (χ1v) is 6.27. The highest BCUT2D eigenvalue weighted by Gasteiger charge is 2.39. The fourth-order valence-electron chi connectivity index (χ4n) is 1.71. The summed E-state index contributed by atoms with van der Waals surface area (Å²) in [6.45, 7) is 3.26. The summed E-state index contributed by atoms with van der Waals surface area (Å²) >= 11 is 0. The summed E-state index contributed by atoms with van der Waals surface area (Å²) in [6, 6.07) is -0.715. The molecule has 1 heterocycles. The van der Waals surface area contributed by atoms with Crippen molar-refractivity contribution in [3.8, 4) is 0 Å². The first-order chi connectivity index (χ1) is 6.24. The Hall–Kier alpha value is -0.620. The molecule has 2 atom stereocenters. The normalized spacial score (nSPS) is 32.7. The summed E-state index contributed by atoms with van der Waals surface area (Å²) in [6.07, 6.45) is 0.479. The number of nitrogens with one attached hydrogen (secondary N) is 1. The number of hydrogen-bond donors (Lipinski definition) is 2. The minimum absolute atomic E-state index is 0.0254. The number of carbonyl (C=O) groups is 1. The fourth-order valence-corrected chi connectivity index (χ4v) is 3.81. The lowest BCUT2D eigenvalue weighted by Crippen LogP contribution is -2.50. The molecule has 0 bridgehead atoms. The van der Waals surface area contributed by atoms with Crippen LogP contribution in [-0.2, 0) is 14.6 Å². The van der Waals surface area contributed by atoms with Gasteiger partial charge in [-0.15, -0.1) is 0 Å². The molecule has 2 N–H and O–H groups in total. The van der Waals surface area contributed by atoms with E-state index < -0.39 is 27.4 Å². The third-order valence-electron chi connectivity index (χ3n) is 2.44. The van der Waals surface area contributed by atoms with Gasteiger partial charge >= 0.3 is 5.97 Å². The van der Waals surface area contributed by atoms with E-state index in [9.17, 15) is 13.2 Å². The summed E-state index contributed by atoms with van der Waals surface area (Å²) in [5.74, 6) is -0.795. The lowest BCUT2D eigenvalue weighted by molar-refractivity contribution is -0.139. The van der Waals surface area contributed by atoms with Crippen molar-refractivity contribution in [2.75, 3.05) is 11.5 Å². The van der Waals surface area contributed by atoms with Crippen molar-refractivity contribution >= 4 is 15.8 Å². The molecule has 1 fully saturated rings. The van der Waals surface area contributed by atoms with E-state index in [0.717, 1.165) is 0 Å². The van der Waals surface area contributed by atoms with Crippen molar-refractivity contribution in [1.29, 1.82) is 0 Å². The SMILES string of the molecule is CC(NC1(C)CCS(=O)(=O)C1)C(=O)O. The molecule has 1 rings (SSSR count). The first-order valence-electron chi connectivity index (χ1n) is 4.45. The van der Waals surface area contributed by atoms with E-state index >= 15 is 0 Å². The topological polar surface area (TPSA) is 83.5 Å². The molecule has 1 aliphatic rings. The van der Waals surface area contributed by atoms with E-state index in [0.29, 0.717) is 6.42 Å². The summed E-state index contributed by atoms with van der Waals surface area (Å²) in [5.41, 5.74) is -0.587. The van der Waals surface area contributed by atoms with E-state index in [1.165, 1.54) is 6.92 Å². The van der Waals surface area contributed by atoms with Gasteiger partial charge in [0.25, 0.3) is 0 Å². The summed E-state index contributed by atoms with van der Waals surface area (Å²) < 4.78 is 22.4. The van der Waals surface area contributed by atoms with E-state index in [1.54, 1.807) is 6.92 Å². The number of carboxylic acids is 1.